The first-order valence-corrected chi connectivity index (χ1v) is 6.15. The first kappa shape index (κ1) is 15.4. The molecule has 0 fully saturated rings. The minimum Gasteiger partial charge on any atom is -0.393 e. The van der Waals surface area contributed by atoms with Gasteiger partial charge in [-0.2, -0.15) is 0 Å². The number of unbranched alkanes of at least 4 members (excludes halogenated alkanes) is 1. The van der Waals surface area contributed by atoms with Gasteiger partial charge in [-0.05, 0) is 33.7 Å². The predicted octanol–water partition coefficient (Wildman–Crippen LogP) is 0.994. The third-order valence-corrected chi connectivity index (χ3v) is 2.77. The molecule has 0 saturated carbocycles. The largest absolute Gasteiger partial charge is 0.393 e. The van der Waals surface area contributed by atoms with E-state index >= 15 is 0 Å². The molecule has 0 saturated heterocycles. The number of carbonyl (C=O) groups excluding carboxylic acids is 1. The molecule has 0 aromatic rings. The van der Waals surface area contributed by atoms with Crippen LogP contribution in [-0.2, 0) is 4.79 Å². The van der Waals surface area contributed by atoms with Gasteiger partial charge in [-0.25, -0.2) is 0 Å². The fourth-order valence-corrected chi connectivity index (χ4v) is 1.32. The van der Waals surface area contributed by atoms with Crippen LogP contribution < -0.4 is 5.32 Å². The summed E-state index contributed by atoms with van der Waals surface area (Å²) in [6, 6.07) is -0.129. The highest BCUT2D eigenvalue weighted by Crippen LogP contribution is 2.00. The SMILES string of the molecule is CCCCNC(=O)C(C)N(C)CCC(C)O. The van der Waals surface area contributed by atoms with Gasteiger partial charge in [0.15, 0.2) is 0 Å². The van der Waals surface area contributed by atoms with E-state index in [-0.39, 0.29) is 18.1 Å². The van der Waals surface area contributed by atoms with Crippen molar-refractivity contribution in [1.29, 1.82) is 0 Å². The highest BCUT2D eigenvalue weighted by molar-refractivity contribution is 5.81. The van der Waals surface area contributed by atoms with Crippen molar-refractivity contribution in [1.82, 2.24) is 10.2 Å². The molecule has 2 unspecified atom stereocenters. The molecule has 2 atom stereocenters. The lowest BCUT2D eigenvalue weighted by Crippen LogP contribution is -2.44. The quantitative estimate of drug-likeness (QED) is 0.612. The molecule has 0 rings (SSSR count). The predicted molar refractivity (Wildman–Crippen MR) is 66.3 cm³/mol. The van der Waals surface area contributed by atoms with Crippen LogP contribution in [0.5, 0.6) is 0 Å². The summed E-state index contributed by atoms with van der Waals surface area (Å²) in [7, 11) is 1.91. The Hall–Kier alpha value is -0.610. The average molecular weight is 230 g/mol. The van der Waals surface area contributed by atoms with Gasteiger partial charge in [0.1, 0.15) is 0 Å². The summed E-state index contributed by atoms with van der Waals surface area (Å²) in [5.74, 6) is 0.0709. The maximum Gasteiger partial charge on any atom is 0.237 e. The Labute approximate surface area is 99.0 Å². The summed E-state index contributed by atoms with van der Waals surface area (Å²) in [6.07, 6.45) is 2.50. The second kappa shape index (κ2) is 8.53. The zero-order valence-corrected chi connectivity index (χ0v) is 11.0. The van der Waals surface area contributed by atoms with Crippen molar-refractivity contribution in [3.8, 4) is 0 Å². The monoisotopic (exact) mass is 230 g/mol. The smallest absolute Gasteiger partial charge is 0.237 e. The van der Waals surface area contributed by atoms with Gasteiger partial charge in [-0.15, -0.1) is 0 Å². The molecule has 0 bridgehead atoms. The van der Waals surface area contributed by atoms with Crippen LogP contribution in [0.1, 0.15) is 40.0 Å². The molecule has 0 aromatic heterocycles. The van der Waals surface area contributed by atoms with E-state index < -0.39 is 0 Å². The molecule has 0 aliphatic carbocycles. The molecule has 0 aliphatic rings. The summed E-state index contributed by atoms with van der Waals surface area (Å²) in [5, 5.41) is 12.1. The molecule has 96 valence electrons. The average Bonchev–Trinajstić information content (AvgIpc) is 2.24. The number of aliphatic hydroxyl groups excluding tert-OH is 1. The zero-order valence-electron chi connectivity index (χ0n) is 11.0. The summed E-state index contributed by atoms with van der Waals surface area (Å²) in [6.45, 7) is 7.25. The van der Waals surface area contributed by atoms with Crippen molar-refractivity contribution in [2.75, 3.05) is 20.1 Å². The van der Waals surface area contributed by atoms with Crippen molar-refractivity contribution < 1.29 is 9.90 Å². The van der Waals surface area contributed by atoms with Gasteiger partial charge in [-0.1, -0.05) is 13.3 Å². The molecule has 0 radical (unpaired) electrons. The van der Waals surface area contributed by atoms with Crippen LogP contribution in [0, 0.1) is 0 Å². The summed E-state index contributed by atoms with van der Waals surface area (Å²) in [5.41, 5.74) is 0. The third kappa shape index (κ3) is 6.80. The van der Waals surface area contributed by atoms with E-state index in [0.717, 1.165) is 25.9 Å². The number of nitrogens with zero attached hydrogens (tertiary/aromatic N) is 1. The first-order valence-electron chi connectivity index (χ1n) is 6.15. The molecule has 0 aromatic carbocycles. The molecule has 0 spiro atoms. The Balaban J connectivity index is 3.82. The van der Waals surface area contributed by atoms with E-state index in [9.17, 15) is 4.79 Å². The highest BCUT2D eigenvalue weighted by atomic mass is 16.3. The van der Waals surface area contributed by atoms with Crippen LogP contribution in [0.25, 0.3) is 0 Å². The van der Waals surface area contributed by atoms with E-state index in [1.165, 1.54) is 0 Å². The Bertz CT molecular complexity index is 195. The normalized spacial score (nSPS) is 14.9. The van der Waals surface area contributed by atoms with Gasteiger partial charge < -0.3 is 10.4 Å². The van der Waals surface area contributed by atoms with Crippen LogP contribution >= 0.6 is 0 Å². The first-order chi connectivity index (χ1) is 7.49. The van der Waals surface area contributed by atoms with Crippen LogP contribution in [0.2, 0.25) is 0 Å². The van der Waals surface area contributed by atoms with Gasteiger partial charge in [0.05, 0.1) is 12.1 Å². The van der Waals surface area contributed by atoms with Crippen molar-refractivity contribution in [2.24, 2.45) is 0 Å². The molecule has 2 N–H and O–H groups in total. The van der Waals surface area contributed by atoms with Gasteiger partial charge in [0.25, 0.3) is 0 Å². The number of carbonyl (C=O) groups is 1. The number of aliphatic hydroxyl groups is 1. The van der Waals surface area contributed by atoms with Gasteiger partial charge in [0.2, 0.25) is 5.91 Å². The topological polar surface area (TPSA) is 52.6 Å². The minimum atomic E-state index is -0.308. The molecule has 1 amide bonds. The number of likely N-dealkylation sites (N-methyl/N-ethyl adjacent to an activating group) is 1. The molecule has 16 heavy (non-hydrogen) atoms. The van der Waals surface area contributed by atoms with E-state index in [1.54, 1.807) is 6.92 Å². The number of hydrogen-bond donors (Lipinski definition) is 2. The Morgan fingerprint density at radius 3 is 2.56 bits per heavy atom. The fourth-order valence-electron chi connectivity index (χ4n) is 1.32. The number of hydrogen-bond acceptors (Lipinski definition) is 3. The Kier molecular flexibility index (Phi) is 8.21. The third-order valence-electron chi connectivity index (χ3n) is 2.77. The van der Waals surface area contributed by atoms with Crippen molar-refractivity contribution in [3.63, 3.8) is 0 Å². The zero-order chi connectivity index (χ0) is 12.6. The molecule has 4 heteroatoms. The van der Waals surface area contributed by atoms with E-state index in [4.69, 9.17) is 5.11 Å². The van der Waals surface area contributed by atoms with Crippen LogP contribution in [0.4, 0.5) is 0 Å². The summed E-state index contributed by atoms with van der Waals surface area (Å²) < 4.78 is 0. The highest BCUT2D eigenvalue weighted by Gasteiger charge is 2.17. The van der Waals surface area contributed by atoms with Gasteiger partial charge in [0, 0.05) is 13.1 Å². The van der Waals surface area contributed by atoms with Crippen molar-refractivity contribution in [3.05, 3.63) is 0 Å². The van der Waals surface area contributed by atoms with E-state index in [0.29, 0.717) is 6.42 Å². The van der Waals surface area contributed by atoms with Gasteiger partial charge in [-0.3, -0.25) is 9.69 Å². The van der Waals surface area contributed by atoms with E-state index in [1.807, 2.05) is 18.9 Å². The Morgan fingerprint density at radius 1 is 1.44 bits per heavy atom. The second-order valence-corrected chi connectivity index (χ2v) is 4.44. The maximum absolute atomic E-state index is 11.7. The van der Waals surface area contributed by atoms with Crippen LogP contribution in [-0.4, -0.2) is 48.2 Å². The minimum absolute atomic E-state index is 0.0709. The Morgan fingerprint density at radius 2 is 2.06 bits per heavy atom. The standard InChI is InChI=1S/C12H26N2O2/c1-5-6-8-13-12(16)11(3)14(4)9-7-10(2)15/h10-11,15H,5-9H2,1-4H3,(H,13,16). The molecule has 0 heterocycles. The van der Waals surface area contributed by atoms with Crippen molar-refractivity contribution in [2.45, 2.75) is 52.2 Å². The fraction of sp³-hybridized carbons (Fsp3) is 0.917. The molecular formula is C12H26N2O2. The maximum atomic E-state index is 11.7. The summed E-state index contributed by atoms with van der Waals surface area (Å²) >= 11 is 0. The lowest BCUT2D eigenvalue weighted by molar-refractivity contribution is -0.125. The number of amides is 1. The van der Waals surface area contributed by atoms with Crippen LogP contribution in [0.3, 0.4) is 0 Å². The van der Waals surface area contributed by atoms with E-state index in [2.05, 4.69) is 12.2 Å². The van der Waals surface area contributed by atoms with Gasteiger partial charge >= 0.3 is 0 Å². The molecule has 0 aliphatic heterocycles. The van der Waals surface area contributed by atoms with Crippen LogP contribution in [0.15, 0.2) is 0 Å². The number of nitrogens with one attached hydrogen (secondary N) is 1. The second-order valence-electron chi connectivity index (χ2n) is 4.44. The lowest BCUT2D eigenvalue weighted by Gasteiger charge is -2.24. The molecule has 4 nitrogen and oxygen atoms in total. The number of rotatable bonds is 8. The lowest BCUT2D eigenvalue weighted by atomic mass is 10.2. The van der Waals surface area contributed by atoms with Crippen molar-refractivity contribution >= 4 is 5.91 Å². The summed E-state index contributed by atoms with van der Waals surface area (Å²) in [4.78, 5) is 13.7. The molecular weight excluding hydrogens is 204 g/mol.